The topological polar surface area (TPSA) is 57.5 Å². The van der Waals surface area contributed by atoms with E-state index in [1.807, 2.05) is 0 Å². The smallest absolute Gasteiger partial charge is 0.460 e. The van der Waals surface area contributed by atoms with Crippen molar-refractivity contribution in [1.29, 1.82) is 0 Å². The van der Waals surface area contributed by atoms with E-state index in [1.165, 1.54) is 0 Å². The molecule has 1 unspecified atom stereocenters. The van der Waals surface area contributed by atoms with E-state index in [0.717, 1.165) is 0 Å². The van der Waals surface area contributed by atoms with Gasteiger partial charge in [0.2, 0.25) is 6.10 Å². The second-order valence-electron chi connectivity index (χ2n) is 3.01. The number of aliphatic carboxylic acids is 1. The van der Waals surface area contributed by atoms with Crippen LogP contribution in [0.15, 0.2) is 0 Å². The summed E-state index contributed by atoms with van der Waals surface area (Å²) >= 11 is 0. The number of rotatable bonds is 4. The maximum absolute atomic E-state index is 12.5. The molecule has 0 aromatic heterocycles. The Morgan fingerprint density at radius 3 is 1.39 bits per heavy atom. The molecule has 0 fully saturated rings. The summed E-state index contributed by atoms with van der Waals surface area (Å²) in [7, 11) is 0. The molecule has 18 heavy (non-hydrogen) atoms. The van der Waals surface area contributed by atoms with E-state index in [0.29, 0.717) is 0 Å². The molecule has 0 bridgehead atoms. The van der Waals surface area contributed by atoms with Crippen LogP contribution in [0.3, 0.4) is 0 Å². The van der Waals surface area contributed by atoms with Crippen LogP contribution in [0.1, 0.15) is 0 Å². The van der Waals surface area contributed by atoms with Crippen molar-refractivity contribution in [2.24, 2.45) is 0 Å². The number of carboxylic acids is 1. The van der Waals surface area contributed by atoms with Gasteiger partial charge in [0.05, 0.1) is 0 Å². The van der Waals surface area contributed by atoms with Gasteiger partial charge in [-0.05, 0) is 0 Å². The highest BCUT2D eigenvalue weighted by Gasteiger charge is 2.83. The Balaban J connectivity index is 5.71. The molecule has 0 aromatic rings. The van der Waals surface area contributed by atoms with Gasteiger partial charge in [-0.3, -0.25) is 0 Å². The van der Waals surface area contributed by atoms with E-state index in [1.54, 1.807) is 0 Å². The van der Waals surface area contributed by atoms with Crippen molar-refractivity contribution in [3.05, 3.63) is 0 Å². The molecule has 0 amide bonds. The van der Waals surface area contributed by atoms with Crippen LogP contribution in [0.25, 0.3) is 0 Å². The number of hydrogen-bond donors (Lipinski definition) is 2. The first-order valence-corrected chi connectivity index (χ1v) is 3.71. The number of halogens is 9. The fourth-order valence-electron chi connectivity index (χ4n) is 0.714. The molecule has 0 heterocycles. The van der Waals surface area contributed by atoms with E-state index in [2.05, 4.69) is 0 Å². The predicted molar refractivity (Wildman–Crippen MR) is 34.5 cm³/mol. The highest BCUT2D eigenvalue weighted by molar-refractivity contribution is 5.73. The standard InChI is InChI=1S/C6H3F9O3/c7-3(8,1(16)2(17)18)4(9,10)5(11,12)6(13,14)15/h1,16H,(H,17,18). The third-order valence-electron chi connectivity index (χ3n) is 1.75. The lowest BCUT2D eigenvalue weighted by molar-refractivity contribution is -0.404. The summed E-state index contributed by atoms with van der Waals surface area (Å²) in [5, 5.41) is 15.8. The molecular weight excluding hydrogens is 291 g/mol. The summed E-state index contributed by atoms with van der Waals surface area (Å²) in [6.45, 7) is 0. The largest absolute Gasteiger partial charge is 0.479 e. The minimum absolute atomic E-state index is 3.09. The van der Waals surface area contributed by atoms with Crippen molar-refractivity contribution in [2.75, 3.05) is 0 Å². The van der Waals surface area contributed by atoms with Gasteiger partial charge >= 0.3 is 29.9 Å². The Kier molecular flexibility index (Phi) is 3.89. The van der Waals surface area contributed by atoms with Crippen LogP contribution in [0.5, 0.6) is 0 Å². The summed E-state index contributed by atoms with van der Waals surface area (Å²) in [5.41, 5.74) is 0. The van der Waals surface area contributed by atoms with Crippen LogP contribution in [0.4, 0.5) is 39.5 Å². The highest BCUT2D eigenvalue weighted by atomic mass is 19.4. The van der Waals surface area contributed by atoms with Crippen molar-refractivity contribution >= 4 is 5.97 Å². The molecule has 0 aliphatic heterocycles. The Morgan fingerprint density at radius 2 is 1.17 bits per heavy atom. The number of aliphatic hydroxyl groups excluding tert-OH is 1. The molecule has 2 N–H and O–H groups in total. The summed E-state index contributed by atoms with van der Waals surface area (Å²) in [6.07, 6.45) is -11.5. The zero-order chi connectivity index (χ0) is 15.2. The van der Waals surface area contributed by atoms with E-state index < -0.39 is 36.0 Å². The molecule has 0 saturated carbocycles. The molecule has 108 valence electrons. The van der Waals surface area contributed by atoms with Gasteiger partial charge in [-0.2, -0.15) is 39.5 Å². The Morgan fingerprint density at radius 1 is 0.833 bits per heavy atom. The molecule has 0 aromatic carbocycles. The van der Waals surface area contributed by atoms with Gasteiger partial charge in [0.1, 0.15) is 0 Å². The fourth-order valence-corrected chi connectivity index (χ4v) is 0.714. The lowest BCUT2D eigenvalue weighted by Crippen LogP contribution is -2.65. The van der Waals surface area contributed by atoms with Gasteiger partial charge in [-0.1, -0.05) is 0 Å². The summed E-state index contributed by atoms with van der Waals surface area (Å²) in [4.78, 5) is 9.78. The second-order valence-corrected chi connectivity index (χ2v) is 3.01. The minimum Gasteiger partial charge on any atom is -0.479 e. The van der Waals surface area contributed by atoms with Crippen LogP contribution in [0, 0.1) is 0 Å². The number of alkyl halides is 9. The minimum atomic E-state index is -7.22. The van der Waals surface area contributed by atoms with Crippen LogP contribution >= 0.6 is 0 Å². The SMILES string of the molecule is O=C(O)C(O)C(F)(F)C(F)(F)C(F)(F)C(F)(F)F. The van der Waals surface area contributed by atoms with Crippen molar-refractivity contribution < 1.29 is 54.5 Å². The van der Waals surface area contributed by atoms with E-state index >= 15 is 0 Å². The monoisotopic (exact) mass is 294 g/mol. The molecule has 0 saturated heterocycles. The summed E-state index contributed by atoms with van der Waals surface area (Å²) in [5.74, 6) is -24.0. The molecular formula is C6H3F9O3. The number of carboxylic acid groups (broad SMARTS) is 1. The molecule has 0 radical (unpaired) electrons. The van der Waals surface area contributed by atoms with Crippen molar-refractivity contribution in [1.82, 2.24) is 0 Å². The average Bonchev–Trinajstić information content (AvgIpc) is 2.13. The van der Waals surface area contributed by atoms with Gasteiger partial charge in [-0.25, -0.2) is 4.79 Å². The Hall–Kier alpha value is -1.20. The third-order valence-corrected chi connectivity index (χ3v) is 1.75. The third kappa shape index (κ3) is 2.20. The molecule has 0 spiro atoms. The average molecular weight is 294 g/mol. The number of aliphatic hydroxyl groups is 1. The van der Waals surface area contributed by atoms with Crippen molar-refractivity contribution in [3.8, 4) is 0 Å². The Bertz CT molecular complexity index is 334. The molecule has 0 aliphatic carbocycles. The summed E-state index contributed by atoms with van der Waals surface area (Å²) in [6, 6.07) is 0. The quantitative estimate of drug-likeness (QED) is 0.779. The van der Waals surface area contributed by atoms with Crippen LogP contribution in [0.2, 0.25) is 0 Å². The van der Waals surface area contributed by atoms with Gasteiger partial charge in [0.15, 0.2) is 0 Å². The first kappa shape index (κ1) is 16.8. The highest BCUT2D eigenvalue weighted by Crippen LogP contribution is 2.53. The molecule has 3 nitrogen and oxygen atoms in total. The zero-order valence-electron chi connectivity index (χ0n) is 7.78. The first-order valence-electron chi connectivity index (χ1n) is 3.71. The predicted octanol–water partition coefficient (Wildman–Crippen LogP) is 1.90. The van der Waals surface area contributed by atoms with Crippen molar-refractivity contribution in [3.63, 3.8) is 0 Å². The van der Waals surface area contributed by atoms with Gasteiger partial charge < -0.3 is 10.2 Å². The van der Waals surface area contributed by atoms with Crippen LogP contribution in [-0.2, 0) is 4.79 Å². The first-order chi connectivity index (χ1) is 7.60. The van der Waals surface area contributed by atoms with E-state index in [9.17, 15) is 44.3 Å². The normalized spacial score (nSPS) is 16.6. The van der Waals surface area contributed by atoms with Gasteiger partial charge in [0, 0.05) is 0 Å². The Labute approximate surface area is 91.8 Å². The lowest BCUT2D eigenvalue weighted by atomic mass is 9.99. The number of carbonyl (C=O) groups is 1. The number of hydrogen-bond acceptors (Lipinski definition) is 2. The maximum atomic E-state index is 12.5. The molecule has 0 rings (SSSR count). The van der Waals surface area contributed by atoms with Gasteiger partial charge in [0.25, 0.3) is 0 Å². The van der Waals surface area contributed by atoms with Crippen LogP contribution in [-0.4, -0.2) is 46.2 Å². The van der Waals surface area contributed by atoms with E-state index in [4.69, 9.17) is 10.2 Å². The fraction of sp³-hybridized carbons (Fsp3) is 0.833. The van der Waals surface area contributed by atoms with E-state index in [-0.39, 0.29) is 0 Å². The molecule has 0 aliphatic rings. The molecule has 1 atom stereocenters. The summed E-state index contributed by atoms with van der Waals surface area (Å²) < 4.78 is 109. The van der Waals surface area contributed by atoms with Gasteiger partial charge in [-0.15, -0.1) is 0 Å². The van der Waals surface area contributed by atoms with Crippen LogP contribution < -0.4 is 0 Å². The van der Waals surface area contributed by atoms with Crippen molar-refractivity contribution in [2.45, 2.75) is 30.0 Å². The zero-order valence-corrected chi connectivity index (χ0v) is 7.78. The molecule has 12 heteroatoms. The lowest BCUT2D eigenvalue weighted by Gasteiger charge is -2.34. The second kappa shape index (κ2) is 4.17. The maximum Gasteiger partial charge on any atom is 0.460 e.